The molecule has 0 amide bonds. The molecule has 1 N–H and O–H groups in total. The van der Waals surface area contributed by atoms with Crippen molar-refractivity contribution in [2.24, 2.45) is 0 Å². The van der Waals surface area contributed by atoms with Crippen LogP contribution in [0.2, 0.25) is 0 Å². The van der Waals surface area contributed by atoms with Gasteiger partial charge in [0.1, 0.15) is 5.82 Å². The molecule has 0 aromatic carbocycles. The van der Waals surface area contributed by atoms with Crippen LogP contribution < -0.4 is 5.32 Å². The van der Waals surface area contributed by atoms with E-state index in [4.69, 9.17) is 0 Å². The second-order valence-electron chi connectivity index (χ2n) is 4.08. The molecule has 0 bridgehead atoms. The number of nitrogens with one attached hydrogen (secondary N) is 1. The molecule has 8 heteroatoms. The molecule has 3 aromatic heterocycles. The number of nitrogens with zero attached hydrogens (tertiary/aromatic N) is 7. The van der Waals surface area contributed by atoms with Crippen LogP contribution in [0.1, 0.15) is 12.7 Å². The van der Waals surface area contributed by atoms with Crippen molar-refractivity contribution in [3.8, 4) is 11.9 Å². The van der Waals surface area contributed by atoms with Gasteiger partial charge in [-0.2, -0.15) is 20.1 Å². The van der Waals surface area contributed by atoms with E-state index in [0.29, 0.717) is 17.8 Å². The van der Waals surface area contributed by atoms with Crippen molar-refractivity contribution >= 4 is 5.95 Å². The van der Waals surface area contributed by atoms with Crippen LogP contribution >= 0.6 is 0 Å². The van der Waals surface area contributed by atoms with Gasteiger partial charge in [0.15, 0.2) is 0 Å². The Labute approximate surface area is 115 Å². The lowest BCUT2D eigenvalue weighted by molar-refractivity contribution is 0.768. The smallest absolute Gasteiger partial charge is 0.257 e. The number of anilines is 1. The van der Waals surface area contributed by atoms with Gasteiger partial charge in [0.05, 0.1) is 0 Å². The molecule has 0 unspecified atom stereocenters. The largest absolute Gasteiger partial charge is 0.354 e. The van der Waals surface area contributed by atoms with Crippen molar-refractivity contribution in [2.45, 2.75) is 13.8 Å². The molecule has 0 atom stereocenters. The average Bonchev–Trinajstić information content (AvgIpc) is 3.09. The summed E-state index contributed by atoms with van der Waals surface area (Å²) < 4.78 is 3.40. The van der Waals surface area contributed by atoms with Crippen LogP contribution in [0.4, 0.5) is 5.95 Å². The first-order chi connectivity index (χ1) is 9.78. The first-order valence-corrected chi connectivity index (χ1v) is 6.28. The second kappa shape index (κ2) is 5.08. The van der Waals surface area contributed by atoms with E-state index < -0.39 is 0 Å². The maximum absolute atomic E-state index is 4.42. The Balaban J connectivity index is 2.12. The third-order valence-corrected chi connectivity index (χ3v) is 2.70. The summed E-state index contributed by atoms with van der Waals surface area (Å²) in [5.41, 5.74) is 0. The fourth-order valence-corrected chi connectivity index (χ4v) is 1.78. The Bertz CT molecular complexity index is 700. The highest BCUT2D eigenvalue weighted by Gasteiger charge is 2.11. The highest BCUT2D eigenvalue weighted by Crippen LogP contribution is 2.10. The fraction of sp³-hybridized carbons (Fsp3) is 0.250. The molecule has 20 heavy (non-hydrogen) atoms. The van der Waals surface area contributed by atoms with Gasteiger partial charge in [-0.15, -0.1) is 0 Å². The third kappa shape index (κ3) is 2.22. The van der Waals surface area contributed by atoms with E-state index in [1.54, 1.807) is 27.8 Å². The lowest BCUT2D eigenvalue weighted by atomic mass is 10.6. The summed E-state index contributed by atoms with van der Waals surface area (Å²) in [6.07, 6.45) is 6.99. The van der Waals surface area contributed by atoms with Crippen molar-refractivity contribution in [3.05, 3.63) is 36.7 Å². The summed E-state index contributed by atoms with van der Waals surface area (Å²) in [4.78, 5) is 17.3. The molecular weight excluding hydrogens is 256 g/mol. The SMILES string of the molecule is CCNc1nc(-n2cccn2)nc(-n2ccnc2C)n1. The Hall–Kier alpha value is -2.77. The van der Waals surface area contributed by atoms with Crippen molar-refractivity contribution < 1.29 is 0 Å². The maximum atomic E-state index is 4.42. The average molecular weight is 270 g/mol. The molecule has 3 rings (SSSR count). The monoisotopic (exact) mass is 270 g/mol. The number of aromatic nitrogens is 7. The third-order valence-electron chi connectivity index (χ3n) is 2.70. The maximum Gasteiger partial charge on any atom is 0.257 e. The standard InChI is InChI=1S/C12H14N8/c1-3-13-10-16-11(19-8-6-14-9(19)2)18-12(17-10)20-7-4-5-15-20/h4-8H,3H2,1-2H3,(H,13,16,17,18). The number of aryl methyl sites for hydroxylation is 1. The quantitative estimate of drug-likeness (QED) is 0.760. The van der Waals surface area contributed by atoms with Crippen molar-refractivity contribution in [1.29, 1.82) is 0 Å². The second-order valence-corrected chi connectivity index (χ2v) is 4.08. The Morgan fingerprint density at radius 1 is 1.10 bits per heavy atom. The van der Waals surface area contributed by atoms with Crippen LogP contribution in [0, 0.1) is 6.92 Å². The van der Waals surface area contributed by atoms with Gasteiger partial charge < -0.3 is 5.32 Å². The summed E-state index contributed by atoms with van der Waals surface area (Å²) in [6, 6.07) is 1.82. The van der Waals surface area contributed by atoms with Gasteiger partial charge in [0.25, 0.3) is 5.95 Å². The van der Waals surface area contributed by atoms with Crippen LogP contribution in [0.25, 0.3) is 11.9 Å². The fourth-order valence-electron chi connectivity index (χ4n) is 1.78. The van der Waals surface area contributed by atoms with Gasteiger partial charge in [0, 0.05) is 31.3 Å². The molecular formula is C12H14N8. The molecule has 0 aliphatic carbocycles. The normalized spacial score (nSPS) is 10.7. The molecule has 0 radical (unpaired) electrons. The van der Waals surface area contributed by atoms with Crippen molar-refractivity contribution in [1.82, 2.24) is 34.3 Å². The number of imidazole rings is 1. The zero-order valence-corrected chi connectivity index (χ0v) is 11.2. The summed E-state index contributed by atoms with van der Waals surface area (Å²) >= 11 is 0. The number of hydrogen-bond donors (Lipinski definition) is 1. The molecule has 0 aliphatic rings. The van der Waals surface area contributed by atoms with E-state index in [1.807, 2.05) is 26.1 Å². The minimum Gasteiger partial charge on any atom is -0.354 e. The molecule has 0 spiro atoms. The van der Waals surface area contributed by atoms with Gasteiger partial charge in [-0.25, -0.2) is 9.67 Å². The van der Waals surface area contributed by atoms with Crippen molar-refractivity contribution in [2.75, 3.05) is 11.9 Å². The van der Waals surface area contributed by atoms with Crippen LogP contribution in [-0.4, -0.2) is 40.8 Å². The Kier molecular flexibility index (Phi) is 3.12. The van der Waals surface area contributed by atoms with Gasteiger partial charge in [-0.3, -0.25) is 4.57 Å². The summed E-state index contributed by atoms with van der Waals surface area (Å²) in [5.74, 6) is 2.29. The Morgan fingerprint density at radius 3 is 2.60 bits per heavy atom. The summed E-state index contributed by atoms with van der Waals surface area (Å²) in [5, 5.41) is 7.24. The minimum absolute atomic E-state index is 0.462. The first kappa shape index (κ1) is 12.3. The predicted octanol–water partition coefficient (Wildman–Crippen LogP) is 0.983. The summed E-state index contributed by atoms with van der Waals surface area (Å²) in [6.45, 7) is 4.61. The van der Waals surface area contributed by atoms with Crippen LogP contribution in [0.15, 0.2) is 30.9 Å². The molecule has 102 valence electrons. The lowest BCUT2D eigenvalue weighted by Crippen LogP contribution is -2.13. The lowest BCUT2D eigenvalue weighted by Gasteiger charge is -2.08. The van der Waals surface area contributed by atoms with Gasteiger partial charge >= 0.3 is 0 Å². The first-order valence-electron chi connectivity index (χ1n) is 6.28. The molecule has 0 saturated carbocycles. The van der Waals surface area contributed by atoms with Crippen LogP contribution in [-0.2, 0) is 0 Å². The molecule has 0 saturated heterocycles. The van der Waals surface area contributed by atoms with Gasteiger partial charge in [-0.05, 0) is 19.9 Å². The van der Waals surface area contributed by atoms with Crippen LogP contribution in [0.3, 0.4) is 0 Å². The highest BCUT2D eigenvalue weighted by molar-refractivity contribution is 5.33. The molecule has 0 aliphatic heterocycles. The Morgan fingerprint density at radius 2 is 1.95 bits per heavy atom. The van der Waals surface area contributed by atoms with E-state index in [0.717, 1.165) is 12.4 Å². The topological polar surface area (TPSA) is 86.3 Å². The minimum atomic E-state index is 0.462. The predicted molar refractivity (Wildman–Crippen MR) is 73.0 cm³/mol. The van der Waals surface area contributed by atoms with E-state index >= 15 is 0 Å². The van der Waals surface area contributed by atoms with E-state index in [9.17, 15) is 0 Å². The van der Waals surface area contributed by atoms with Crippen LogP contribution in [0.5, 0.6) is 0 Å². The van der Waals surface area contributed by atoms with E-state index in [1.165, 1.54) is 0 Å². The zero-order chi connectivity index (χ0) is 13.9. The van der Waals surface area contributed by atoms with Crippen molar-refractivity contribution in [3.63, 3.8) is 0 Å². The van der Waals surface area contributed by atoms with Gasteiger partial charge in [0.2, 0.25) is 11.9 Å². The zero-order valence-electron chi connectivity index (χ0n) is 11.2. The van der Waals surface area contributed by atoms with E-state index in [2.05, 4.69) is 30.4 Å². The van der Waals surface area contributed by atoms with E-state index in [-0.39, 0.29) is 0 Å². The molecule has 0 fully saturated rings. The number of hydrogen-bond acceptors (Lipinski definition) is 6. The summed E-state index contributed by atoms with van der Waals surface area (Å²) in [7, 11) is 0. The van der Waals surface area contributed by atoms with Gasteiger partial charge in [-0.1, -0.05) is 0 Å². The number of rotatable bonds is 4. The molecule has 3 heterocycles. The highest BCUT2D eigenvalue weighted by atomic mass is 15.4. The molecule has 8 nitrogen and oxygen atoms in total. The molecule has 3 aromatic rings.